The Morgan fingerprint density at radius 2 is 2.06 bits per heavy atom. The van der Waals surface area contributed by atoms with Crippen LogP contribution in [0.4, 0.5) is 8.78 Å². The van der Waals surface area contributed by atoms with Crippen LogP contribution in [0.1, 0.15) is 16.7 Å². The van der Waals surface area contributed by atoms with Gasteiger partial charge in [-0.25, -0.2) is 8.78 Å². The Balaban J connectivity index is 2.66. The van der Waals surface area contributed by atoms with Crippen LogP contribution in [0.3, 0.4) is 0 Å². The van der Waals surface area contributed by atoms with Crippen molar-refractivity contribution in [1.29, 1.82) is 0 Å². The van der Waals surface area contributed by atoms with Gasteiger partial charge in [0.05, 0.1) is 6.54 Å². The molecule has 0 unspecified atom stereocenters. The lowest BCUT2D eigenvalue weighted by Gasteiger charge is -2.17. The first-order valence-electron chi connectivity index (χ1n) is 5.28. The predicted molar refractivity (Wildman–Crippen MR) is 61.4 cm³/mol. The zero-order valence-corrected chi connectivity index (χ0v) is 9.71. The van der Waals surface area contributed by atoms with E-state index in [0.717, 1.165) is 16.7 Å². The molecule has 0 radical (unpaired) electrons. The highest BCUT2D eigenvalue weighted by atomic mass is 19.3. The van der Waals surface area contributed by atoms with Crippen molar-refractivity contribution < 1.29 is 8.78 Å². The van der Waals surface area contributed by atoms with Crippen molar-refractivity contribution in [3.8, 4) is 0 Å². The molecule has 0 heterocycles. The maximum Gasteiger partial charge on any atom is 0.251 e. The number of nitrogens with zero attached hydrogens (tertiary/aromatic N) is 1. The highest BCUT2D eigenvalue weighted by Crippen LogP contribution is 2.13. The van der Waals surface area contributed by atoms with Crippen LogP contribution < -0.4 is 5.73 Å². The van der Waals surface area contributed by atoms with Crippen molar-refractivity contribution in [2.45, 2.75) is 26.4 Å². The van der Waals surface area contributed by atoms with Crippen molar-refractivity contribution in [2.75, 3.05) is 13.6 Å². The summed E-state index contributed by atoms with van der Waals surface area (Å²) in [6.45, 7) is 2.83. The number of hydrogen-bond donors (Lipinski definition) is 1. The third-order valence-electron chi connectivity index (χ3n) is 2.53. The van der Waals surface area contributed by atoms with Gasteiger partial charge in [0.1, 0.15) is 0 Å². The second kappa shape index (κ2) is 5.92. The molecular weight excluding hydrogens is 210 g/mol. The number of benzene rings is 1. The van der Waals surface area contributed by atoms with E-state index < -0.39 is 6.43 Å². The summed E-state index contributed by atoms with van der Waals surface area (Å²) in [7, 11) is 1.70. The molecule has 1 aromatic carbocycles. The van der Waals surface area contributed by atoms with Gasteiger partial charge in [-0.2, -0.15) is 0 Å². The fourth-order valence-electron chi connectivity index (χ4n) is 1.65. The molecule has 0 saturated heterocycles. The molecule has 0 aliphatic heterocycles. The van der Waals surface area contributed by atoms with Gasteiger partial charge < -0.3 is 5.73 Å². The van der Waals surface area contributed by atoms with Gasteiger partial charge in [-0.05, 0) is 30.7 Å². The first kappa shape index (κ1) is 13.1. The third kappa shape index (κ3) is 3.87. The van der Waals surface area contributed by atoms with E-state index >= 15 is 0 Å². The fraction of sp³-hybridized carbons (Fsp3) is 0.500. The van der Waals surface area contributed by atoms with Gasteiger partial charge in [0, 0.05) is 13.1 Å². The molecule has 0 aromatic heterocycles. The molecule has 1 aromatic rings. The van der Waals surface area contributed by atoms with Gasteiger partial charge in [0.2, 0.25) is 0 Å². The summed E-state index contributed by atoms with van der Waals surface area (Å²) in [5.74, 6) is 0. The summed E-state index contributed by atoms with van der Waals surface area (Å²) in [4.78, 5) is 1.62. The average Bonchev–Trinajstić information content (AvgIpc) is 2.19. The Bertz CT molecular complexity index is 340. The van der Waals surface area contributed by atoms with Crippen LogP contribution in [0, 0.1) is 6.92 Å². The molecule has 0 aliphatic carbocycles. The molecule has 0 fully saturated rings. The molecule has 4 heteroatoms. The van der Waals surface area contributed by atoms with E-state index in [2.05, 4.69) is 0 Å². The minimum Gasteiger partial charge on any atom is -0.326 e. The number of halogens is 2. The van der Waals surface area contributed by atoms with Crippen LogP contribution >= 0.6 is 0 Å². The van der Waals surface area contributed by atoms with Gasteiger partial charge in [-0.3, -0.25) is 4.90 Å². The summed E-state index contributed by atoms with van der Waals surface area (Å²) in [6, 6.07) is 5.91. The first-order chi connectivity index (χ1) is 7.52. The van der Waals surface area contributed by atoms with Crippen LogP contribution in [0.15, 0.2) is 18.2 Å². The molecule has 0 saturated carbocycles. The molecule has 0 bridgehead atoms. The van der Waals surface area contributed by atoms with Gasteiger partial charge >= 0.3 is 0 Å². The molecule has 0 atom stereocenters. The summed E-state index contributed by atoms with van der Waals surface area (Å²) < 4.78 is 24.3. The SMILES string of the molecule is Cc1cc(CN)ccc1CN(C)CC(F)F. The minimum atomic E-state index is -2.28. The zero-order chi connectivity index (χ0) is 12.1. The van der Waals surface area contributed by atoms with Crippen molar-refractivity contribution in [3.63, 3.8) is 0 Å². The Kier molecular flexibility index (Phi) is 4.83. The third-order valence-corrected chi connectivity index (χ3v) is 2.53. The fourth-order valence-corrected chi connectivity index (χ4v) is 1.65. The van der Waals surface area contributed by atoms with Crippen molar-refractivity contribution in [2.24, 2.45) is 5.73 Å². The molecule has 2 nitrogen and oxygen atoms in total. The number of rotatable bonds is 5. The highest BCUT2D eigenvalue weighted by Gasteiger charge is 2.09. The lowest BCUT2D eigenvalue weighted by atomic mass is 10.0. The summed E-state index contributed by atoms with van der Waals surface area (Å²) in [5, 5.41) is 0. The van der Waals surface area contributed by atoms with E-state index in [9.17, 15) is 8.78 Å². The van der Waals surface area contributed by atoms with Crippen molar-refractivity contribution >= 4 is 0 Å². The number of hydrogen-bond acceptors (Lipinski definition) is 2. The largest absolute Gasteiger partial charge is 0.326 e. The van der Waals surface area contributed by atoms with Gasteiger partial charge in [0.25, 0.3) is 6.43 Å². The number of alkyl halides is 2. The number of nitrogens with two attached hydrogens (primary N) is 1. The topological polar surface area (TPSA) is 29.3 Å². The Hall–Kier alpha value is -1.00. The second-order valence-corrected chi connectivity index (χ2v) is 4.05. The van der Waals surface area contributed by atoms with Crippen molar-refractivity contribution in [3.05, 3.63) is 34.9 Å². The van der Waals surface area contributed by atoms with E-state index in [4.69, 9.17) is 5.73 Å². The standard InChI is InChI=1S/C12H18F2N2/c1-9-5-10(6-15)3-4-11(9)7-16(2)8-12(13)14/h3-5,12H,6-8,15H2,1-2H3. The first-order valence-corrected chi connectivity index (χ1v) is 5.28. The van der Waals surface area contributed by atoms with E-state index in [1.54, 1.807) is 11.9 Å². The van der Waals surface area contributed by atoms with Crippen molar-refractivity contribution in [1.82, 2.24) is 4.90 Å². The lowest BCUT2D eigenvalue weighted by Crippen LogP contribution is -2.24. The summed E-state index contributed by atoms with van der Waals surface area (Å²) in [5.41, 5.74) is 8.76. The van der Waals surface area contributed by atoms with E-state index in [1.807, 2.05) is 25.1 Å². The quantitative estimate of drug-likeness (QED) is 0.836. The molecule has 1 rings (SSSR count). The minimum absolute atomic E-state index is 0.196. The molecule has 0 amide bonds. The smallest absolute Gasteiger partial charge is 0.251 e. The highest BCUT2D eigenvalue weighted by molar-refractivity contribution is 5.30. The van der Waals surface area contributed by atoms with Gasteiger partial charge in [-0.1, -0.05) is 18.2 Å². The summed E-state index contributed by atoms with van der Waals surface area (Å²) >= 11 is 0. The molecule has 16 heavy (non-hydrogen) atoms. The molecule has 90 valence electrons. The van der Waals surface area contributed by atoms with E-state index in [1.165, 1.54) is 0 Å². The van der Waals surface area contributed by atoms with Crippen LogP contribution in [0.5, 0.6) is 0 Å². The monoisotopic (exact) mass is 228 g/mol. The lowest BCUT2D eigenvalue weighted by molar-refractivity contribution is 0.0975. The van der Waals surface area contributed by atoms with Gasteiger partial charge in [0.15, 0.2) is 0 Å². The normalized spacial score (nSPS) is 11.4. The van der Waals surface area contributed by atoms with Crippen LogP contribution in [-0.4, -0.2) is 24.9 Å². The molecular formula is C12H18F2N2. The maximum atomic E-state index is 12.1. The predicted octanol–water partition coefficient (Wildman–Crippen LogP) is 2.15. The summed E-state index contributed by atoms with van der Waals surface area (Å²) in [6.07, 6.45) is -2.28. The molecule has 0 spiro atoms. The van der Waals surface area contributed by atoms with Crippen LogP contribution in [-0.2, 0) is 13.1 Å². The molecule has 2 N–H and O–H groups in total. The second-order valence-electron chi connectivity index (χ2n) is 4.05. The van der Waals surface area contributed by atoms with E-state index in [0.29, 0.717) is 13.1 Å². The van der Waals surface area contributed by atoms with E-state index in [-0.39, 0.29) is 6.54 Å². The van der Waals surface area contributed by atoms with Crippen LogP contribution in [0.2, 0.25) is 0 Å². The molecule has 0 aliphatic rings. The Labute approximate surface area is 95.1 Å². The maximum absolute atomic E-state index is 12.1. The van der Waals surface area contributed by atoms with Gasteiger partial charge in [-0.15, -0.1) is 0 Å². The Morgan fingerprint density at radius 3 is 2.56 bits per heavy atom. The van der Waals surface area contributed by atoms with Crippen LogP contribution in [0.25, 0.3) is 0 Å². The zero-order valence-electron chi connectivity index (χ0n) is 9.71. The average molecular weight is 228 g/mol. The number of aryl methyl sites for hydroxylation is 1. The Morgan fingerprint density at radius 1 is 1.38 bits per heavy atom.